The fraction of sp³-hybridized carbons (Fsp3) is 0.667. The minimum atomic E-state index is -1.14. The molecule has 6 atom stereocenters. The molecule has 0 aromatic carbocycles. The van der Waals surface area contributed by atoms with Crippen molar-refractivity contribution in [3.8, 4) is 0 Å². The summed E-state index contributed by atoms with van der Waals surface area (Å²) in [5.41, 5.74) is 0.0148. The molecule has 0 aromatic rings. The number of nitrogens with one attached hydrogen (secondary N) is 1. The number of carboxylic acid groups (broad SMARTS) is 1. The topological polar surface area (TPSA) is 107 Å². The van der Waals surface area contributed by atoms with Crippen LogP contribution in [-0.4, -0.2) is 56.3 Å². The summed E-state index contributed by atoms with van der Waals surface area (Å²) in [6, 6.07) is -0.352. The monoisotopic (exact) mass is 340 g/mol. The van der Waals surface area contributed by atoms with E-state index in [1.54, 1.807) is 6.92 Å². The third-order valence-electron chi connectivity index (χ3n) is 4.92. The van der Waals surface area contributed by atoms with Gasteiger partial charge in [-0.05, 0) is 13.8 Å². The molecule has 3 heterocycles. The summed E-state index contributed by atoms with van der Waals surface area (Å²) in [5.74, 6) is -2.23. The van der Waals surface area contributed by atoms with E-state index < -0.39 is 18.0 Å². The first kappa shape index (κ1) is 16.3. The van der Waals surface area contributed by atoms with E-state index in [2.05, 4.69) is 5.32 Å². The van der Waals surface area contributed by atoms with E-state index in [1.165, 1.54) is 16.7 Å². The molecular weight excluding hydrogens is 320 g/mol. The number of hydrogen-bond donors (Lipinski definition) is 3. The first-order chi connectivity index (χ1) is 10.7. The molecule has 23 heavy (non-hydrogen) atoms. The summed E-state index contributed by atoms with van der Waals surface area (Å²) >= 11 is 1.37. The fourth-order valence-electron chi connectivity index (χ4n) is 3.75. The van der Waals surface area contributed by atoms with Crippen LogP contribution in [0.3, 0.4) is 0 Å². The van der Waals surface area contributed by atoms with Crippen LogP contribution in [0.25, 0.3) is 0 Å². The number of carbonyl (C=O) groups is 3. The largest absolute Gasteiger partial charge is 0.477 e. The van der Waals surface area contributed by atoms with Crippen LogP contribution >= 0.6 is 11.8 Å². The maximum atomic E-state index is 12.2. The molecule has 3 aliphatic rings. The lowest BCUT2D eigenvalue weighted by Crippen LogP contribution is -2.63. The van der Waals surface area contributed by atoms with E-state index in [9.17, 15) is 24.6 Å². The SMILES string of the molecule is C[C@@H]1NC(=O)C[C@@H]1SC1=C(C(=O)O)N2C(=O)[C@H]([C@@H](C)O)[C@H]2[C@H]1C. The Morgan fingerprint density at radius 2 is 2.04 bits per heavy atom. The van der Waals surface area contributed by atoms with Crippen molar-refractivity contribution in [3.63, 3.8) is 0 Å². The van der Waals surface area contributed by atoms with Crippen molar-refractivity contribution in [1.29, 1.82) is 0 Å². The standard InChI is InChI=1S/C15H20N2O5S/c1-5-11-10(7(3)18)14(20)17(11)12(15(21)22)13(5)23-8-4-9(19)16-6(8)2/h5-8,10-11,18H,4H2,1-3H3,(H,16,19)(H,21,22)/t5-,6+,7-,8+,10-,11-/m1/s1. The van der Waals surface area contributed by atoms with Gasteiger partial charge in [0.25, 0.3) is 0 Å². The highest BCUT2D eigenvalue weighted by atomic mass is 32.2. The first-order valence-electron chi connectivity index (χ1n) is 7.68. The number of aliphatic hydroxyl groups is 1. The Bertz CT molecular complexity index is 617. The quantitative estimate of drug-likeness (QED) is 0.629. The van der Waals surface area contributed by atoms with Crippen molar-refractivity contribution in [2.75, 3.05) is 0 Å². The lowest BCUT2D eigenvalue weighted by atomic mass is 9.79. The second-order valence-electron chi connectivity index (χ2n) is 6.49. The Balaban J connectivity index is 1.90. The average molecular weight is 340 g/mol. The molecule has 0 saturated carbocycles. The van der Waals surface area contributed by atoms with E-state index in [-0.39, 0.29) is 40.8 Å². The van der Waals surface area contributed by atoms with E-state index in [1.807, 2.05) is 13.8 Å². The predicted molar refractivity (Wildman–Crippen MR) is 83.2 cm³/mol. The van der Waals surface area contributed by atoms with Gasteiger partial charge >= 0.3 is 5.97 Å². The number of amides is 2. The van der Waals surface area contributed by atoms with Crippen LogP contribution in [-0.2, 0) is 14.4 Å². The van der Waals surface area contributed by atoms with Gasteiger partial charge in [-0.2, -0.15) is 0 Å². The Hall–Kier alpha value is -1.54. The van der Waals surface area contributed by atoms with Gasteiger partial charge in [0.15, 0.2) is 0 Å². The normalized spacial score (nSPS) is 37.6. The number of hydrogen-bond acceptors (Lipinski definition) is 5. The van der Waals surface area contributed by atoms with Crippen molar-refractivity contribution in [1.82, 2.24) is 10.2 Å². The number of carbonyl (C=O) groups excluding carboxylic acids is 2. The lowest BCUT2D eigenvalue weighted by Gasteiger charge is -2.46. The molecular formula is C15H20N2O5S. The number of fused-ring (bicyclic) bond motifs is 1. The molecule has 3 N–H and O–H groups in total. The molecule has 0 bridgehead atoms. The number of nitrogens with zero attached hydrogens (tertiary/aromatic N) is 1. The highest BCUT2D eigenvalue weighted by Gasteiger charge is 2.60. The number of aliphatic hydroxyl groups excluding tert-OH is 1. The highest BCUT2D eigenvalue weighted by molar-refractivity contribution is 8.03. The van der Waals surface area contributed by atoms with Crippen LogP contribution in [0.2, 0.25) is 0 Å². The van der Waals surface area contributed by atoms with Crippen LogP contribution in [0.4, 0.5) is 0 Å². The molecule has 2 fully saturated rings. The molecule has 3 aliphatic heterocycles. The third kappa shape index (κ3) is 2.35. The van der Waals surface area contributed by atoms with E-state index in [0.29, 0.717) is 11.3 Å². The maximum Gasteiger partial charge on any atom is 0.353 e. The molecule has 126 valence electrons. The van der Waals surface area contributed by atoms with Gasteiger partial charge in [-0.3, -0.25) is 9.59 Å². The summed E-state index contributed by atoms with van der Waals surface area (Å²) in [7, 11) is 0. The van der Waals surface area contributed by atoms with Crippen LogP contribution in [0.15, 0.2) is 10.6 Å². The van der Waals surface area contributed by atoms with E-state index in [4.69, 9.17) is 0 Å². The second kappa shape index (κ2) is 5.52. The van der Waals surface area contributed by atoms with Gasteiger partial charge in [0.1, 0.15) is 5.70 Å². The van der Waals surface area contributed by atoms with Crippen molar-refractivity contribution >= 4 is 29.5 Å². The predicted octanol–water partition coefficient (Wildman–Crippen LogP) is 0.150. The molecule has 0 spiro atoms. The third-order valence-corrected chi connectivity index (χ3v) is 6.62. The first-order valence-corrected chi connectivity index (χ1v) is 8.56. The van der Waals surface area contributed by atoms with Gasteiger partial charge in [0.05, 0.1) is 18.1 Å². The molecule has 2 saturated heterocycles. The van der Waals surface area contributed by atoms with Crippen molar-refractivity contribution in [2.24, 2.45) is 11.8 Å². The zero-order valence-electron chi connectivity index (χ0n) is 13.1. The molecule has 0 unspecified atom stereocenters. The molecule has 7 nitrogen and oxygen atoms in total. The smallest absolute Gasteiger partial charge is 0.353 e. The van der Waals surface area contributed by atoms with Gasteiger partial charge < -0.3 is 20.4 Å². The molecule has 8 heteroatoms. The van der Waals surface area contributed by atoms with Gasteiger partial charge in [-0.1, -0.05) is 6.92 Å². The van der Waals surface area contributed by atoms with Gasteiger partial charge in [0.2, 0.25) is 11.8 Å². The van der Waals surface area contributed by atoms with Gasteiger partial charge in [-0.25, -0.2) is 4.79 Å². The summed E-state index contributed by atoms with van der Waals surface area (Å²) in [6.45, 7) is 5.33. The van der Waals surface area contributed by atoms with Crippen LogP contribution < -0.4 is 5.32 Å². The van der Waals surface area contributed by atoms with Crippen molar-refractivity contribution < 1.29 is 24.6 Å². The molecule has 0 aromatic heterocycles. The summed E-state index contributed by atoms with van der Waals surface area (Å²) in [6.07, 6.45) is -0.466. The molecule has 3 rings (SSSR count). The zero-order valence-corrected chi connectivity index (χ0v) is 14.0. The maximum absolute atomic E-state index is 12.2. The molecule has 0 radical (unpaired) electrons. The summed E-state index contributed by atoms with van der Waals surface area (Å²) in [5, 5.41) is 22.1. The Labute approximate surface area is 138 Å². The minimum Gasteiger partial charge on any atom is -0.477 e. The minimum absolute atomic E-state index is 0.0148. The van der Waals surface area contributed by atoms with Gasteiger partial charge in [0, 0.05) is 28.5 Å². The number of thioether (sulfide) groups is 1. The Morgan fingerprint density at radius 1 is 1.39 bits per heavy atom. The van der Waals surface area contributed by atoms with Crippen molar-refractivity contribution in [2.45, 2.75) is 50.6 Å². The molecule has 0 aliphatic carbocycles. The summed E-state index contributed by atoms with van der Waals surface area (Å²) in [4.78, 5) is 37.4. The van der Waals surface area contributed by atoms with Crippen LogP contribution in [0.5, 0.6) is 0 Å². The van der Waals surface area contributed by atoms with E-state index in [0.717, 1.165) is 0 Å². The van der Waals surface area contributed by atoms with Crippen molar-refractivity contribution in [3.05, 3.63) is 10.6 Å². The van der Waals surface area contributed by atoms with Gasteiger partial charge in [-0.15, -0.1) is 11.8 Å². The highest BCUT2D eigenvalue weighted by Crippen LogP contribution is 2.52. The summed E-state index contributed by atoms with van der Waals surface area (Å²) < 4.78 is 0. The average Bonchev–Trinajstić information content (AvgIpc) is 2.87. The zero-order chi connectivity index (χ0) is 17.0. The second-order valence-corrected chi connectivity index (χ2v) is 7.77. The lowest BCUT2D eigenvalue weighted by molar-refractivity contribution is -0.163. The van der Waals surface area contributed by atoms with Crippen LogP contribution in [0, 0.1) is 11.8 Å². The fourth-order valence-corrected chi connectivity index (χ4v) is 5.24. The Morgan fingerprint density at radius 3 is 2.52 bits per heavy atom. The molecule has 2 amide bonds. The number of β-lactam (4-membered cyclic amide) rings is 1. The number of carboxylic acids is 1. The van der Waals surface area contributed by atoms with E-state index >= 15 is 0 Å². The number of rotatable bonds is 4. The number of aliphatic carboxylic acids is 1. The Kier molecular flexibility index (Phi) is 3.92. The van der Waals surface area contributed by atoms with Crippen LogP contribution in [0.1, 0.15) is 27.2 Å².